The van der Waals surface area contributed by atoms with E-state index in [-0.39, 0.29) is 25.1 Å². The molecule has 16 nitrogen and oxygen atoms in total. The summed E-state index contributed by atoms with van der Waals surface area (Å²) in [6, 6.07) is 11.9. The minimum atomic E-state index is -4.67. The van der Waals surface area contributed by atoms with E-state index in [0.717, 1.165) is 22.6 Å². The van der Waals surface area contributed by atoms with Crippen LogP contribution in [0, 0.1) is 27.7 Å². The summed E-state index contributed by atoms with van der Waals surface area (Å²) in [5.41, 5.74) is 18.1. The second kappa shape index (κ2) is 18.9. The van der Waals surface area contributed by atoms with Crippen molar-refractivity contribution in [2.75, 3.05) is 13.2 Å². The van der Waals surface area contributed by atoms with Gasteiger partial charge in [-0.15, -0.1) is 10.2 Å². The zero-order chi connectivity index (χ0) is 29.8. The number of nitrogens with zero attached hydrogens (tertiary/aromatic N) is 4. The van der Waals surface area contributed by atoms with Gasteiger partial charge in [0.15, 0.2) is 0 Å². The fourth-order valence-corrected chi connectivity index (χ4v) is 2.49. The summed E-state index contributed by atoms with van der Waals surface area (Å²) < 4.78 is 42.5. The summed E-state index contributed by atoms with van der Waals surface area (Å²) in [5.74, 6) is 1.26. The maximum absolute atomic E-state index is 8.74. The summed E-state index contributed by atoms with van der Waals surface area (Å²) >= 11 is 0. The molecule has 0 fully saturated rings. The van der Waals surface area contributed by atoms with Crippen LogP contribution in [0.25, 0.3) is 0 Å². The predicted molar refractivity (Wildman–Crippen MR) is 147 cm³/mol. The van der Waals surface area contributed by atoms with Gasteiger partial charge in [-0.1, -0.05) is 35.4 Å². The largest absolute Gasteiger partial charge is 0.488 e. The van der Waals surface area contributed by atoms with Crippen LogP contribution in [-0.2, 0) is 10.4 Å². The molecule has 0 aliphatic rings. The third-order valence-electron chi connectivity index (χ3n) is 4.01. The summed E-state index contributed by atoms with van der Waals surface area (Å²) in [6.07, 6.45) is 2.90. The van der Waals surface area contributed by atoms with Gasteiger partial charge in [-0.2, -0.15) is 18.6 Å². The van der Waals surface area contributed by atoms with E-state index in [9.17, 15) is 0 Å². The van der Waals surface area contributed by atoms with E-state index in [4.69, 9.17) is 48.9 Å². The highest BCUT2D eigenvalue weighted by Gasteiger charge is 1.98. The van der Waals surface area contributed by atoms with Crippen LogP contribution in [0.15, 0.2) is 56.8 Å². The molecule has 0 saturated heterocycles. The molecule has 39 heavy (non-hydrogen) atoms. The smallest absolute Gasteiger partial charge is 0.394 e. The molecule has 0 aromatic heterocycles. The number of aryl methyl sites for hydroxylation is 4. The second-order valence-electron chi connectivity index (χ2n) is 7.40. The average Bonchev–Trinajstić information content (AvgIpc) is 2.85. The molecule has 0 spiro atoms. The summed E-state index contributed by atoms with van der Waals surface area (Å²) in [7, 11) is -4.67. The molecule has 0 aliphatic heterocycles. The van der Waals surface area contributed by atoms with Gasteiger partial charge in [-0.3, -0.25) is 19.5 Å². The first-order chi connectivity index (χ1) is 18.3. The van der Waals surface area contributed by atoms with Gasteiger partial charge >= 0.3 is 10.4 Å². The Labute approximate surface area is 226 Å². The number of nitrogens with one attached hydrogen (secondary N) is 2. The van der Waals surface area contributed by atoms with Gasteiger partial charge in [0.25, 0.3) is 0 Å². The lowest BCUT2D eigenvalue weighted by Gasteiger charge is -2.06. The molecular formula is C22H34N8O8S. The van der Waals surface area contributed by atoms with Crippen molar-refractivity contribution >= 4 is 34.7 Å². The standard InChI is InChI=1S/2C11H16N4O2.H2O4S/c2*1-8-3-4-10(9(2)7-8)17-6-5-13-14-11(12)15-16;1-5(2,3)4/h2*3-5,7,16H,6H2,1-2H3,(H3,12,14,15);(H2,1,2,3,4)/b2*13-5+;. The van der Waals surface area contributed by atoms with Gasteiger partial charge in [0.05, 0.1) is 12.4 Å². The highest BCUT2D eigenvalue weighted by atomic mass is 32.3. The number of rotatable bonds is 8. The zero-order valence-electron chi connectivity index (χ0n) is 21.8. The molecule has 10 N–H and O–H groups in total. The van der Waals surface area contributed by atoms with E-state index >= 15 is 0 Å². The molecule has 2 rings (SSSR count). The Bertz CT molecular complexity index is 1160. The van der Waals surface area contributed by atoms with Crippen LogP contribution < -0.4 is 31.9 Å². The van der Waals surface area contributed by atoms with Crippen molar-refractivity contribution < 1.29 is 37.4 Å². The Balaban J connectivity index is 0.000000632. The lowest BCUT2D eigenvalue weighted by atomic mass is 10.1. The van der Waals surface area contributed by atoms with Crippen molar-refractivity contribution in [1.29, 1.82) is 0 Å². The number of nitrogens with two attached hydrogens (primary N) is 2. The number of hydrogen-bond acceptors (Lipinski definition) is 10. The lowest BCUT2D eigenvalue weighted by Crippen LogP contribution is -2.27. The molecule has 0 atom stereocenters. The molecule has 0 amide bonds. The van der Waals surface area contributed by atoms with Gasteiger partial charge in [-0.05, 0) is 51.0 Å². The number of hydrogen-bond donors (Lipinski definition) is 8. The van der Waals surface area contributed by atoms with E-state index in [2.05, 4.69) is 20.4 Å². The SMILES string of the molecule is Cc1ccc(OC/C=N/N=C(\N)NO)c(C)c1.Cc1ccc(OC/C=N/N=C(\N)NO)c(C)c1.O=S(=O)(O)O. The number of guanidine groups is 2. The van der Waals surface area contributed by atoms with E-state index < -0.39 is 10.4 Å². The summed E-state index contributed by atoms with van der Waals surface area (Å²) in [5, 5.41) is 30.7. The first-order valence-corrected chi connectivity index (χ1v) is 12.3. The van der Waals surface area contributed by atoms with Crippen molar-refractivity contribution in [3.05, 3.63) is 58.7 Å². The van der Waals surface area contributed by atoms with E-state index in [0.29, 0.717) is 0 Å². The van der Waals surface area contributed by atoms with Gasteiger partial charge < -0.3 is 20.9 Å². The van der Waals surface area contributed by atoms with Gasteiger partial charge in [0.2, 0.25) is 11.9 Å². The van der Waals surface area contributed by atoms with Crippen molar-refractivity contribution in [2.45, 2.75) is 27.7 Å². The third kappa shape index (κ3) is 19.5. The molecule has 0 bridgehead atoms. The molecule has 0 heterocycles. The lowest BCUT2D eigenvalue weighted by molar-refractivity contribution is 0.232. The zero-order valence-corrected chi connectivity index (χ0v) is 22.6. The minimum Gasteiger partial charge on any atom is -0.488 e. The first kappa shape index (κ1) is 34.7. The molecular weight excluding hydrogens is 536 g/mol. The van der Waals surface area contributed by atoms with Gasteiger partial charge in [0, 0.05) is 0 Å². The maximum atomic E-state index is 8.74. The third-order valence-corrected chi connectivity index (χ3v) is 4.01. The first-order valence-electron chi connectivity index (χ1n) is 10.9. The summed E-state index contributed by atoms with van der Waals surface area (Å²) in [4.78, 5) is 0. The predicted octanol–water partition coefficient (Wildman–Crippen LogP) is 1.27. The normalized spacial score (nSPS) is 11.8. The molecule has 2 aromatic rings. The van der Waals surface area contributed by atoms with E-state index in [1.165, 1.54) is 23.6 Å². The minimum absolute atomic E-state index is 0.173. The highest BCUT2D eigenvalue weighted by molar-refractivity contribution is 7.79. The van der Waals surface area contributed by atoms with Crippen molar-refractivity contribution in [1.82, 2.24) is 11.0 Å². The van der Waals surface area contributed by atoms with Crippen LogP contribution >= 0.6 is 0 Å². The fourth-order valence-electron chi connectivity index (χ4n) is 2.49. The Morgan fingerprint density at radius 1 is 0.795 bits per heavy atom. The average molecular weight is 571 g/mol. The fraction of sp³-hybridized carbons (Fsp3) is 0.273. The Morgan fingerprint density at radius 3 is 1.41 bits per heavy atom. The number of ether oxygens (including phenoxy) is 2. The van der Waals surface area contributed by atoms with Gasteiger partial charge in [0.1, 0.15) is 24.7 Å². The molecule has 0 unspecified atom stereocenters. The van der Waals surface area contributed by atoms with E-state index in [1.807, 2.05) is 64.1 Å². The molecule has 17 heteroatoms. The molecule has 0 saturated carbocycles. The maximum Gasteiger partial charge on any atom is 0.394 e. The van der Waals surface area contributed by atoms with Crippen LogP contribution in [0.4, 0.5) is 0 Å². The van der Waals surface area contributed by atoms with E-state index in [1.54, 1.807) is 11.0 Å². The molecule has 2 aromatic carbocycles. The number of benzene rings is 2. The van der Waals surface area contributed by atoms with Crippen molar-refractivity contribution in [2.24, 2.45) is 31.9 Å². The molecule has 216 valence electrons. The Hall–Kier alpha value is -4.29. The quantitative estimate of drug-likeness (QED) is 0.0965. The van der Waals surface area contributed by atoms with Crippen LogP contribution in [0.3, 0.4) is 0 Å². The van der Waals surface area contributed by atoms with Crippen molar-refractivity contribution in [3.8, 4) is 11.5 Å². The highest BCUT2D eigenvalue weighted by Crippen LogP contribution is 2.19. The van der Waals surface area contributed by atoms with Crippen LogP contribution in [-0.4, -0.2) is 65.5 Å². The topological polar surface area (TPSA) is 259 Å². The Morgan fingerprint density at radius 2 is 1.13 bits per heavy atom. The summed E-state index contributed by atoms with van der Waals surface area (Å²) in [6.45, 7) is 8.57. The Kier molecular flexibility index (Phi) is 16.8. The monoisotopic (exact) mass is 570 g/mol. The van der Waals surface area contributed by atoms with Crippen molar-refractivity contribution in [3.63, 3.8) is 0 Å². The van der Waals surface area contributed by atoms with Crippen LogP contribution in [0.5, 0.6) is 11.5 Å². The van der Waals surface area contributed by atoms with Crippen LogP contribution in [0.1, 0.15) is 22.3 Å². The van der Waals surface area contributed by atoms with Gasteiger partial charge in [-0.25, -0.2) is 11.0 Å². The number of hydroxylamine groups is 2. The second-order valence-corrected chi connectivity index (χ2v) is 8.29. The molecule has 0 radical (unpaired) electrons. The molecule has 0 aliphatic carbocycles. The van der Waals surface area contributed by atoms with Crippen LogP contribution in [0.2, 0.25) is 0 Å².